The van der Waals surface area contributed by atoms with E-state index in [-0.39, 0.29) is 22.8 Å². The summed E-state index contributed by atoms with van der Waals surface area (Å²) in [5, 5.41) is 3.49. The fourth-order valence-corrected chi connectivity index (χ4v) is 2.56. The molecule has 1 unspecified atom stereocenters. The van der Waals surface area contributed by atoms with Gasteiger partial charge in [-0.2, -0.15) is 0 Å². The van der Waals surface area contributed by atoms with Crippen molar-refractivity contribution in [1.82, 2.24) is 10.2 Å². The second-order valence-electron chi connectivity index (χ2n) is 9.06. The molecule has 0 saturated carbocycles. The van der Waals surface area contributed by atoms with E-state index in [2.05, 4.69) is 43.1 Å². The lowest BCUT2D eigenvalue weighted by atomic mass is 9.83. The Morgan fingerprint density at radius 1 is 1.08 bits per heavy atom. The summed E-state index contributed by atoms with van der Waals surface area (Å²) in [5.41, 5.74) is 0.665. The third kappa shape index (κ3) is 8.50. The third-order valence-electron chi connectivity index (χ3n) is 3.83. The predicted octanol–water partition coefficient (Wildman–Crippen LogP) is 3.54. The molecule has 4 nitrogen and oxygen atoms in total. The summed E-state index contributed by atoms with van der Waals surface area (Å²) in [6.07, 6.45) is 0.686. The third-order valence-corrected chi connectivity index (χ3v) is 3.83. The monoisotopic (exact) mass is 348 g/mol. The summed E-state index contributed by atoms with van der Waals surface area (Å²) in [6, 6.07) is 7.89. The smallest absolute Gasteiger partial charge is 0.155 e. The van der Waals surface area contributed by atoms with Crippen molar-refractivity contribution < 1.29 is 9.53 Å². The van der Waals surface area contributed by atoms with Crippen LogP contribution in [0.1, 0.15) is 47.1 Å². The molecule has 25 heavy (non-hydrogen) atoms. The molecular formula is C21H36N2O2. The van der Waals surface area contributed by atoms with Gasteiger partial charge in [0, 0.05) is 17.5 Å². The van der Waals surface area contributed by atoms with Crippen LogP contribution >= 0.6 is 0 Å². The molecule has 0 spiro atoms. The minimum atomic E-state index is -0.363. The number of Topliss-reactive ketones (excluding diaryl/α,β-unsaturated/α-hetero) is 1. The van der Waals surface area contributed by atoms with Gasteiger partial charge in [-0.1, -0.05) is 32.9 Å². The van der Waals surface area contributed by atoms with Crippen molar-refractivity contribution in [3.8, 4) is 5.75 Å². The molecule has 1 N–H and O–H groups in total. The van der Waals surface area contributed by atoms with Crippen LogP contribution in [0.4, 0.5) is 0 Å². The fourth-order valence-electron chi connectivity index (χ4n) is 2.56. The number of carbonyl (C=O) groups is 1. The standard InChI is InChI=1S/C21H36N2O2/c1-20(2,3)19(24)18(22-21(4,5)6)15-16-9-11-17(12-10-16)25-14-13-23(7)8/h9-12,18,22H,13-15H2,1-8H3. The van der Waals surface area contributed by atoms with E-state index in [1.54, 1.807) is 0 Å². The van der Waals surface area contributed by atoms with Crippen molar-refractivity contribution >= 4 is 5.78 Å². The van der Waals surface area contributed by atoms with Gasteiger partial charge < -0.3 is 15.0 Å². The molecule has 0 fully saturated rings. The van der Waals surface area contributed by atoms with Crippen LogP contribution in [-0.2, 0) is 11.2 Å². The maximum atomic E-state index is 12.8. The summed E-state index contributed by atoms with van der Waals surface area (Å²) in [4.78, 5) is 14.9. The van der Waals surface area contributed by atoms with Crippen LogP contribution in [0.2, 0.25) is 0 Å². The van der Waals surface area contributed by atoms with Gasteiger partial charge in [0.1, 0.15) is 12.4 Å². The summed E-state index contributed by atoms with van der Waals surface area (Å²) in [6.45, 7) is 13.8. The Hall–Kier alpha value is -1.39. The molecule has 0 bridgehead atoms. The van der Waals surface area contributed by atoms with E-state index >= 15 is 0 Å². The van der Waals surface area contributed by atoms with Crippen LogP contribution in [0, 0.1) is 5.41 Å². The number of nitrogens with zero attached hydrogens (tertiary/aromatic N) is 1. The Labute approximate surface area is 153 Å². The van der Waals surface area contributed by atoms with Gasteiger partial charge in [-0.3, -0.25) is 4.79 Å². The van der Waals surface area contributed by atoms with E-state index < -0.39 is 0 Å². The van der Waals surface area contributed by atoms with Gasteiger partial charge in [-0.25, -0.2) is 0 Å². The molecule has 0 aliphatic heterocycles. The SMILES string of the molecule is CN(C)CCOc1ccc(CC(NC(C)(C)C)C(=O)C(C)(C)C)cc1. The summed E-state index contributed by atoms with van der Waals surface area (Å²) in [5.74, 6) is 1.11. The van der Waals surface area contributed by atoms with Gasteiger partial charge >= 0.3 is 0 Å². The molecular weight excluding hydrogens is 312 g/mol. The van der Waals surface area contributed by atoms with Crippen LogP contribution in [0.5, 0.6) is 5.75 Å². The topological polar surface area (TPSA) is 41.6 Å². The number of ketones is 1. The second-order valence-corrected chi connectivity index (χ2v) is 9.06. The first-order chi connectivity index (χ1) is 11.4. The van der Waals surface area contributed by atoms with Gasteiger partial charge in [0.2, 0.25) is 0 Å². The maximum absolute atomic E-state index is 12.8. The van der Waals surface area contributed by atoms with E-state index in [9.17, 15) is 4.79 Å². The van der Waals surface area contributed by atoms with Crippen LogP contribution in [0.25, 0.3) is 0 Å². The Bertz CT molecular complexity index is 536. The molecule has 1 atom stereocenters. The van der Waals surface area contributed by atoms with Crippen molar-refractivity contribution in [1.29, 1.82) is 0 Å². The van der Waals surface area contributed by atoms with E-state index in [0.29, 0.717) is 13.0 Å². The maximum Gasteiger partial charge on any atom is 0.155 e. The van der Waals surface area contributed by atoms with Gasteiger partial charge in [-0.05, 0) is 59.0 Å². The number of rotatable bonds is 8. The summed E-state index contributed by atoms with van der Waals surface area (Å²) >= 11 is 0. The number of ether oxygens (including phenoxy) is 1. The van der Waals surface area contributed by atoms with Crippen molar-refractivity contribution in [3.63, 3.8) is 0 Å². The van der Waals surface area contributed by atoms with E-state index in [0.717, 1.165) is 17.9 Å². The van der Waals surface area contributed by atoms with E-state index in [4.69, 9.17) is 4.74 Å². The second kappa shape index (κ2) is 8.81. The molecule has 0 aliphatic carbocycles. The van der Waals surface area contributed by atoms with Crippen LogP contribution in [-0.4, -0.2) is 49.5 Å². The van der Waals surface area contributed by atoms with E-state index in [1.807, 2.05) is 47.0 Å². The molecule has 4 heteroatoms. The molecule has 142 valence electrons. The highest BCUT2D eigenvalue weighted by atomic mass is 16.5. The molecule has 0 radical (unpaired) electrons. The predicted molar refractivity (Wildman–Crippen MR) is 105 cm³/mol. The quantitative estimate of drug-likeness (QED) is 0.780. The fraction of sp³-hybridized carbons (Fsp3) is 0.667. The number of benzene rings is 1. The molecule has 1 aromatic carbocycles. The van der Waals surface area contributed by atoms with Gasteiger partial charge in [-0.15, -0.1) is 0 Å². The van der Waals surface area contributed by atoms with Gasteiger partial charge in [0.05, 0.1) is 6.04 Å². The molecule has 0 heterocycles. The lowest BCUT2D eigenvalue weighted by Crippen LogP contribution is -2.51. The zero-order valence-electron chi connectivity index (χ0n) is 17.3. The Morgan fingerprint density at radius 3 is 2.08 bits per heavy atom. The normalized spacial score (nSPS) is 13.8. The van der Waals surface area contributed by atoms with E-state index in [1.165, 1.54) is 0 Å². The van der Waals surface area contributed by atoms with Gasteiger partial charge in [0.15, 0.2) is 5.78 Å². The number of carbonyl (C=O) groups excluding carboxylic acids is 1. The minimum Gasteiger partial charge on any atom is -0.492 e. The minimum absolute atomic E-state index is 0.110. The first-order valence-corrected chi connectivity index (χ1v) is 9.07. The average Bonchev–Trinajstić information content (AvgIpc) is 2.45. The summed E-state index contributed by atoms with van der Waals surface area (Å²) in [7, 11) is 4.06. The summed E-state index contributed by atoms with van der Waals surface area (Å²) < 4.78 is 5.73. The van der Waals surface area contributed by atoms with Crippen molar-refractivity contribution in [2.75, 3.05) is 27.2 Å². The van der Waals surface area contributed by atoms with Gasteiger partial charge in [0.25, 0.3) is 0 Å². The number of hydrogen-bond acceptors (Lipinski definition) is 4. The molecule has 0 aliphatic rings. The highest BCUT2D eigenvalue weighted by molar-refractivity contribution is 5.89. The number of nitrogens with one attached hydrogen (secondary N) is 1. The molecule has 1 aromatic rings. The lowest BCUT2D eigenvalue weighted by Gasteiger charge is -2.32. The Kier molecular flexibility index (Phi) is 7.63. The zero-order valence-corrected chi connectivity index (χ0v) is 17.3. The molecule has 0 saturated heterocycles. The highest BCUT2D eigenvalue weighted by Crippen LogP contribution is 2.21. The van der Waals surface area contributed by atoms with Crippen LogP contribution in [0.3, 0.4) is 0 Å². The average molecular weight is 349 g/mol. The van der Waals surface area contributed by atoms with Crippen molar-refractivity contribution in [2.24, 2.45) is 5.41 Å². The number of likely N-dealkylation sites (N-methyl/N-ethyl adjacent to an activating group) is 1. The van der Waals surface area contributed by atoms with Crippen LogP contribution in [0.15, 0.2) is 24.3 Å². The van der Waals surface area contributed by atoms with Crippen molar-refractivity contribution in [3.05, 3.63) is 29.8 Å². The van der Waals surface area contributed by atoms with Crippen LogP contribution < -0.4 is 10.1 Å². The first-order valence-electron chi connectivity index (χ1n) is 9.07. The Morgan fingerprint density at radius 2 is 1.64 bits per heavy atom. The Balaban J connectivity index is 2.78. The number of hydrogen-bond donors (Lipinski definition) is 1. The van der Waals surface area contributed by atoms with Crippen molar-refractivity contribution in [2.45, 2.75) is 59.5 Å². The molecule has 0 amide bonds. The first kappa shape index (κ1) is 21.7. The molecule has 1 rings (SSSR count). The molecule has 0 aromatic heterocycles. The lowest BCUT2D eigenvalue weighted by molar-refractivity contribution is -0.128. The largest absolute Gasteiger partial charge is 0.492 e. The highest BCUT2D eigenvalue weighted by Gasteiger charge is 2.31. The zero-order chi connectivity index (χ0) is 19.3.